The van der Waals surface area contributed by atoms with Crippen molar-refractivity contribution in [2.45, 2.75) is 172 Å². The molecule has 5 amide bonds. The molecule has 0 radical (unpaired) electrons. The molecule has 5 fully saturated rings. The standard InChI is InChI=1S/C39H65N5O8S/c1-6-52-24-37(2,3)53(50,51)25-39(21-15-12-16-22-39)43-36(49)42-29-18-14-11-9-7-8-10-13-17-28(32(45)34(47)40-26-19-20-26)41-33(46)31-30-27(38(30,4)5)23-44(31)35(29)48/h26-31H,6-25H2,1-5H3,(H,40,47)(H,41,46)(H2,42,43,49)/t27-,28-,29-,30-,31-/m0/s1. The lowest BCUT2D eigenvalue weighted by Gasteiger charge is -2.40. The van der Waals surface area contributed by atoms with Crippen molar-refractivity contribution in [2.24, 2.45) is 17.3 Å². The number of fused-ring (bicyclic) bond motifs is 3. The first-order chi connectivity index (χ1) is 25.0. The van der Waals surface area contributed by atoms with Gasteiger partial charge in [0, 0.05) is 19.2 Å². The van der Waals surface area contributed by atoms with Gasteiger partial charge in [-0.15, -0.1) is 0 Å². The summed E-state index contributed by atoms with van der Waals surface area (Å²) in [7, 11) is -3.70. The Hall–Kier alpha value is -2.74. The van der Waals surface area contributed by atoms with Crippen LogP contribution in [0.2, 0.25) is 0 Å². The number of nitrogens with one attached hydrogen (secondary N) is 4. The minimum Gasteiger partial charge on any atom is -0.380 e. The van der Waals surface area contributed by atoms with E-state index < -0.39 is 61.9 Å². The van der Waals surface area contributed by atoms with E-state index in [1.54, 1.807) is 18.7 Å². The Balaban J connectivity index is 1.35. The van der Waals surface area contributed by atoms with Gasteiger partial charge >= 0.3 is 6.03 Å². The molecule has 5 aliphatic rings. The summed E-state index contributed by atoms with van der Waals surface area (Å²) in [5.74, 6) is -2.37. The van der Waals surface area contributed by atoms with Gasteiger partial charge in [0.15, 0.2) is 9.84 Å². The number of ether oxygens (including phenoxy) is 1. The number of amides is 5. The number of rotatable bonds is 11. The molecule has 53 heavy (non-hydrogen) atoms. The van der Waals surface area contributed by atoms with Crippen LogP contribution in [0.1, 0.15) is 137 Å². The van der Waals surface area contributed by atoms with Crippen LogP contribution in [0.5, 0.6) is 0 Å². The Morgan fingerprint density at radius 2 is 1.49 bits per heavy atom. The van der Waals surface area contributed by atoms with Crippen molar-refractivity contribution in [1.29, 1.82) is 0 Å². The lowest BCUT2D eigenvalue weighted by atomic mass is 9.83. The summed E-state index contributed by atoms with van der Waals surface area (Å²) in [5, 5.41) is 11.7. The highest BCUT2D eigenvalue weighted by molar-refractivity contribution is 7.92. The van der Waals surface area contributed by atoms with Crippen molar-refractivity contribution in [3.05, 3.63) is 0 Å². The molecule has 3 aliphatic carbocycles. The van der Waals surface area contributed by atoms with Crippen LogP contribution in [0.4, 0.5) is 4.79 Å². The number of nitrogens with zero attached hydrogens (tertiary/aromatic N) is 1. The summed E-state index contributed by atoms with van der Waals surface area (Å²) in [4.78, 5) is 70.4. The molecule has 2 saturated heterocycles. The topological polar surface area (TPSA) is 180 Å². The van der Waals surface area contributed by atoms with Gasteiger partial charge in [0.2, 0.25) is 17.6 Å². The van der Waals surface area contributed by atoms with E-state index in [1.165, 1.54) is 0 Å². The Kier molecular flexibility index (Phi) is 13.3. The Morgan fingerprint density at radius 1 is 0.887 bits per heavy atom. The van der Waals surface area contributed by atoms with Crippen LogP contribution in [0.25, 0.3) is 0 Å². The monoisotopic (exact) mass is 763 g/mol. The molecule has 4 N–H and O–H groups in total. The second-order valence-corrected chi connectivity index (χ2v) is 20.4. The van der Waals surface area contributed by atoms with E-state index in [0.29, 0.717) is 51.7 Å². The molecule has 0 aromatic carbocycles. The number of hydrogen-bond acceptors (Lipinski definition) is 8. The fourth-order valence-electron chi connectivity index (χ4n) is 8.99. The van der Waals surface area contributed by atoms with E-state index in [0.717, 1.165) is 64.2 Å². The number of hydrogen-bond donors (Lipinski definition) is 4. The molecule has 5 rings (SSSR count). The third-order valence-corrected chi connectivity index (χ3v) is 15.5. The van der Waals surface area contributed by atoms with Crippen molar-refractivity contribution in [3.63, 3.8) is 0 Å². The maximum Gasteiger partial charge on any atom is 0.315 e. The van der Waals surface area contributed by atoms with Crippen LogP contribution in [0, 0.1) is 17.3 Å². The molecule has 13 nitrogen and oxygen atoms in total. The van der Waals surface area contributed by atoms with Gasteiger partial charge in [-0.1, -0.05) is 78.1 Å². The number of carbonyl (C=O) groups excluding carboxylic acids is 5. The number of piperidine rings is 1. The zero-order chi connectivity index (χ0) is 38.6. The summed E-state index contributed by atoms with van der Waals surface area (Å²) >= 11 is 0. The van der Waals surface area contributed by atoms with E-state index >= 15 is 0 Å². The first-order valence-corrected chi connectivity index (χ1v) is 22.0. The summed E-state index contributed by atoms with van der Waals surface area (Å²) < 4.78 is 31.9. The Morgan fingerprint density at radius 3 is 2.11 bits per heavy atom. The molecule has 0 bridgehead atoms. The van der Waals surface area contributed by atoms with Crippen molar-refractivity contribution < 1.29 is 37.1 Å². The van der Waals surface area contributed by atoms with Gasteiger partial charge < -0.3 is 30.9 Å². The second-order valence-electron chi connectivity index (χ2n) is 17.8. The van der Waals surface area contributed by atoms with Crippen LogP contribution in [0.3, 0.4) is 0 Å². The van der Waals surface area contributed by atoms with Crippen LogP contribution in [-0.2, 0) is 33.8 Å². The minimum atomic E-state index is -3.70. The zero-order valence-electron chi connectivity index (χ0n) is 32.7. The lowest BCUT2D eigenvalue weighted by molar-refractivity contribution is -0.144. The van der Waals surface area contributed by atoms with E-state index in [2.05, 4.69) is 35.1 Å². The molecule has 0 unspecified atom stereocenters. The van der Waals surface area contributed by atoms with Crippen molar-refractivity contribution in [3.8, 4) is 0 Å². The van der Waals surface area contributed by atoms with Gasteiger partial charge in [-0.2, -0.15) is 0 Å². The van der Waals surface area contributed by atoms with Crippen molar-refractivity contribution in [1.82, 2.24) is 26.2 Å². The van der Waals surface area contributed by atoms with Gasteiger partial charge in [-0.25, -0.2) is 13.2 Å². The van der Waals surface area contributed by atoms with Gasteiger partial charge in [-0.05, 0) is 76.5 Å². The van der Waals surface area contributed by atoms with Crippen molar-refractivity contribution >= 4 is 39.4 Å². The largest absolute Gasteiger partial charge is 0.380 e. The average Bonchev–Trinajstić information content (AvgIpc) is 3.95. The lowest BCUT2D eigenvalue weighted by Crippen LogP contribution is -2.62. The second kappa shape index (κ2) is 17.0. The van der Waals surface area contributed by atoms with Crippen LogP contribution in [0.15, 0.2) is 0 Å². The predicted molar refractivity (Wildman–Crippen MR) is 202 cm³/mol. The molecule has 5 atom stereocenters. The van der Waals surface area contributed by atoms with Gasteiger partial charge in [0.25, 0.3) is 5.91 Å². The fraction of sp³-hybridized carbons (Fsp3) is 0.872. The van der Waals surface area contributed by atoms with E-state index in [1.807, 2.05) is 6.92 Å². The number of carbonyl (C=O) groups is 5. The molecule has 14 heteroatoms. The zero-order valence-corrected chi connectivity index (χ0v) is 33.5. The molecule has 0 spiro atoms. The summed E-state index contributed by atoms with van der Waals surface area (Å²) in [5.41, 5.74) is -1.17. The first kappa shape index (κ1) is 41.4. The third-order valence-electron chi connectivity index (χ3n) is 12.8. The summed E-state index contributed by atoms with van der Waals surface area (Å²) in [6.07, 6.45) is 12.0. The number of sulfone groups is 1. The SMILES string of the molecule is CCOCC(C)(C)S(=O)(=O)CC1(NC(=O)N[C@H]2CCCCCCCCC[C@@H](C(=O)C(=O)NC3CC3)NC(=O)[C@@H]3[C@@H]4[C@H](CN3C2=O)C4(C)C)CCCCC1. The highest BCUT2D eigenvalue weighted by Gasteiger charge is 2.69. The Bertz CT molecular complexity index is 1470. The normalized spacial score (nSPS) is 29.6. The number of ketones is 1. The summed E-state index contributed by atoms with van der Waals surface area (Å²) in [6.45, 7) is 10.1. The maximum atomic E-state index is 14.5. The third kappa shape index (κ3) is 9.93. The average molecular weight is 764 g/mol. The minimum absolute atomic E-state index is 0.00980. The van der Waals surface area contributed by atoms with Gasteiger partial charge in [-0.3, -0.25) is 19.2 Å². The van der Waals surface area contributed by atoms with Crippen molar-refractivity contribution in [2.75, 3.05) is 25.5 Å². The van der Waals surface area contributed by atoms with Crippen LogP contribution < -0.4 is 21.3 Å². The molecular weight excluding hydrogens is 699 g/mol. The molecule has 3 saturated carbocycles. The van der Waals surface area contributed by atoms with Gasteiger partial charge in [0.05, 0.1) is 28.7 Å². The van der Waals surface area contributed by atoms with Crippen LogP contribution in [-0.4, -0.2) is 103 Å². The summed E-state index contributed by atoms with van der Waals surface area (Å²) in [6, 6.07) is -3.32. The molecule has 300 valence electrons. The number of Topliss-reactive ketones (excluding diaryl/α,β-unsaturated/α-hetero) is 1. The highest BCUT2D eigenvalue weighted by atomic mass is 32.2. The van der Waals surface area contributed by atoms with Gasteiger partial charge in [0.1, 0.15) is 12.1 Å². The molecule has 0 aromatic rings. The predicted octanol–water partition coefficient (Wildman–Crippen LogP) is 3.93. The van der Waals surface area contributed by atoms with E-state index in [-0.39, 0.29) is 41.6 Å². The van der Waals surface area contributed by atoms with E-state index in [4.69, 9.17) is 4.74 Å². The molecule has 2 aliphatic heterocycles. The maximum absolute atomic E-state index is 14.5. The molecule has 0 aromatic heterocycles. The molecule has 2 heterocycles. The first-order valence-electron chi connectivity index (χ1n) is 20.4. The number of urea groups is 1. The van der Waals surface area contributed by atoms with E-state index in [9.17, 15) is 32.4 Å². The quantitative estimate of drug-likeness (QED) is 0.229. The Labute approximate surface area is 316 Å². The molecular formula is C39H65N5O8S. The van der Waals surface area contributed by atoms with Crippen LogP contribution >= 0.6 is 0 Å². The smallest absolute Gasteiger partial charge is 0.315 e. The fourth-order valence-corrected chi connectivity index (χ4v) is 10.7. The highest BCUT2D eigenvalue weighted by Crippen LogP contribution is 2.65.